The minimum atomic E-state index is -1.60. The van der Waals surface area contributed by atoms with Crippen LogP contribution in [-0.2, 0) is 32.1 Å². The molecule has 0 saturated heterocycles. The molecule has 0 fully saturated rings. The second kappa shape index (κ2) is 12.7. The molecule has 0 bridgehead atoms. The van der Waals surface area contributed by atoms with Crippen molar-refractivity contribution in [3.05, 3.63) is 102 Å². The fourth-order valence-electron chi connectivity index (χ4n) is 4.11. The molecule has 4 rings (SSSR count). The maximum absolute atomic E-state index is 13.7. The van der Waals surface area contributed by atoms with E-state index in [0.717, 1.165) is 10.9 Å². The average Bonchev–Trinajstić information content (AvgIpc) is 2.96. The molecule has 0 aliphatic carbocycles. The van der Waals surface area contributed by atoms with Gasteiger partial charge in [-0.3, -0.25) is 19.9 Å². The number of benzene rings is 3. The number of hydrogen-bond acceptors (Lipinski definition) is 6. The van der Waals surface area contributed by atoms with E-state index in [1.165, 1.54) is 0 Å². The van der Waals surface area contributed by atoms with Crippen LogP contribution in [0.5, 0.6) is 0 Å². The Morgan fingerprint density at radius 1 is 0.821 bits per heavy atom. The average molecular weight is 526 g/mol. The fraction of sp³-hybridized carbons (Fsp3) is 0.226. The Bertz CT molecular complexity index is 1450. The second-order valence-corrected chi connectivity index (χ2v) is 9.32. The molecule has 0 spiro atoms. The molecule has 3 aromatic carbocycles. The normalized spacial score (nSPS) is 12.3. The van der Waals surface area contributed by atoms with Gasteiger partial charge in [-0.05, 0) is 49.1 Å². The van der Waals surface area contributed by atoms with Gasteiger partial charge in [0.15, 0.2) is 0 Å². The molecule has 200 valence electrons. The van der Waals surface area contributed by atoms with Gasteiger partial charge in [0.2, 0.25) is 5.91 Å². The van der Waals surface area contributed by atoms with Crippen molar-refractivity contribution in [3.8, 4) is 0 Å². The van der Waals surface area contributed by atoms with E-state index in [2.05, 4.69) is 15.6 Å². The first-order valence-corrected chi connectivity index (χ1v) is 12.8. The molecular formula is C31H31N3O5. The standard InChI is InChI=1S/C31H31N3O5/c1-3-19-38-29(36)31(2,28(35)33-26-17-9-14-23-15-10-18-32-27(23)26)20-24-13-7-8-16-25(24)34-30(37)39-21-22-11-5-4-6-12-22/h4-18H,3,19-21H2,1-2H3,(H,33,35)(H,34,37). The second-order valence-electron chi connectivity index (χ2n) is 9.32. The third-order valence-electron chi connectivity index (χ3n) is 6.28. The molecule has 1 aromatic heterocycles. The first kappa shape index (κ1) is 27.3. The SMILES string of the molecule is CCCOC(=O)C(C)(Cc1ccccc1NC(=O)OCc1ccccc1)C(=O)Nc1cccc2cccnc12. The highest BCUT2D eigenvalue weighted by Crippen LogP contribution is 2.31. The fourth-order valence-corrected chi connectivity index (χ4v) is 4.11. The number of hydrogen-bond donors (Lipinski definition) is 2. The lowest BCUT2D eigenvalue weighted by Gasteiger charge is -2.27. The summed E-state index contributed by atoms with van der Waals surface area (Å²) in [4.78, 5) is 44.0. The van der Waals surface area contributed by atoms with E-state index in [1.54, 1.807) is 43.5 Å². The van der Waals surface area contributed by atoms with Crippen LogP contribution in [0.4, 0.5) is 16.2 Å². The Morgan fingerprint density at radius 2 is 1.54 bits per heavy atom. The number of carbonyl (C=O) groups excluding carboxylic acids is 3. The number of carbonyl (C=O) groups is 3. The van der Waals surface area contributed by atoms with Crippen molar-refractivity contribution in [1.82, 2.24) is 4.98 Å². The number of anilines is 2. The van der Waals surface area contributed by atoms with Crippen LogP contribution in [0.15, 0.2) is 91.1 Å². The van der Waals surface area contributed by atoms with Crippen molar-refractivity contribution in [2.75, 3.05) is 17.2 Å². The summed E-state index contributed by atoms with van der Waals surface area (Å²) in [6.07, 6.45) is 1.59. The highest BCUT2D eigenvalue weighted by molar-refractivity contribution is 6.11. The number of aromatic nitrogens is 1. The summed E-state index contributed by atoms with van der Waals surface area (Å²) in [5.74, 6) is -1.19. The van der Waals surface area contributed by atoms with Crippen LogP contribution in [0.1, 0.15) is 31.4 Å². The van der Waals surface area contributed by atoms with E-state index in [0.29, 0.717) is 28.9 Å². The molecule has 0 aliphatic rings. The lowest BCUT2D eigenvalue weighted by atomic mass is 9.82. The van der Waals surface area contributed by atoms with Crippen molar-refractivity contribution in [2.45, 2.75) is 33.3 Å². The van der Waals surface area contributed by atoms with Crippen LogP contribution in [0.2, 0.25) is 0 Å². The van der Waals surface area contributed by atoms with Crippen molar-refractivity contribution < 1.29 is 23.9 Å². The zero-order valence-electron chi connectivity index (χ0n) is 22.0. The Balaban J connectivity index is 1.57. The van der Waals surface area contributed by atoms with E-state index in [-0.39, 0.29) is 19.6 Å². The third-order valence-corrected chi connectivity index (χ3v) is 6.28. The summed E-state index contributed by atoms with van der Waals surface area (Å²) in [6, 6.07) is 25.5. The number of rotatable bonds is 10. The molecule has 2 amide bonds. The van der Waals surface area contributed by atoms with Gasteiger partial charge in [0, 0.05) is 17.3 Å². The zero-order valence-corrected chi connectivity index (χ0v) is 22.0. The van der Waals surface area contributed by atoms with Gasteiger partial charge < -0.3 is 14.8 Å². The predicted octanol–water partition coefficient (Wildman–Crippen LogP) is 6.12. The zero-order chi connectivity index (χ0) is 27.7. The van der Waals surface area contributed by atoms with E-state index in [4.69, 9.17) is 9.47 Å². The summed E-state index contributed by atoms with van der Waals surface area (Å²) in [6.45, 7) is 3.72. The van der Waals surface area contributed by atoms with Gasteiger partial charge in [-0.2, -0.15) is 0 Å². The number of nitrogens with one attached hydrogen (secondary N) is 2. The molecule has 1 heterocycles. The Hall–Kier alpha value is -4.72. The molecule has 1 atom stereocenters. The Morgan fingerprint density at radius 3 is 2.33 bits per heavy atom. The van der Waals surface area contributed by atoms with Gasteiger partial charge in [-0.1, -0.05) is 73.7 Å². The molecule has 0 aliphatic heterocycles. The summed E-state index contributed by atoms with van der Waals surface area (Å²) >= 11 is 0. The molecule has 0 saturated carbocycles. The number of para-hydroxylation sites is 2. The maximum Gasteiger partial charge on any atom is 0.411 e. The molecule has 8 heteroatoms. The Kier molecular flexibility index (Phi) is 8.89. The molecular weight excluding hydrogens is 494 g/mol. The van der Waals surface area contributed by atoms with Gasteiger partial charge in [0.25, 0.3) is 0 Å². The van der Waals surface area contributed by atoms with Crippen LogP contribution >= 0.6 is 0 Å². The number of esters is 1. The summed E-state index contributed by atoms with van der Waals surface area (Å²) in [5, 5.41) is 6.49. The van der Waals surface area contributed by atoms with Crippen molar-refractivity contribution in [2.24, 2.45) is 5.41 Å². The molecule has 8 nitrogen and oxygen atoms in total. The predicted molar refractivity (Wildman–Crippen MR) is 150 cm³/mol. The summed E-state index contributed by atoms with van der Waals surface area (Å²) < 4.78 is 10.8. The molecule has 0 radical (unpaired) electrons. The summed E-state index contributed by atoms with van der Waals surface area (Å²) in [7, 11) is 0. The van der Waals surface area contributed by atoms with E-state index in [1.807, 2.05) is 61.5 Å². The van der Waals surface area contributed by atoms with Gasteiger partial charge in [-0.15, -0.1) is 0 Å². The molecule has 4 aromatic rings. The number of amides is 2. The third kappa shape index (κ3) is 6.78. The minimum Gasteiger partial charge on any atom is -0.465 e. The van der Waals surface area contributed by atoms with Crippen LogP contribution in [0.3, 0.4) is 0 Å². The number of ether oxygens (including phenoxy) is 2. The largest absolute Gasteiger partial charge is 0.465 e. The number of pyridine rings is 1. The lowest BCUT2D eigenvalue weighted by molar-refractivity contribution is -0.158. The molecule has 2 N–H and O–H groups in total. The van der Waals surface area contributed by atoms with Gasteiger partial charge in [-0.25, -0.2) is 4.79 Å². The van der Waals surface area contributed by atoms with E-state index >= 15 is 0 Å². The summed E-state index contributed by atoms with van der Waals surface area (Å²) in [5.41, 5.74) is 1.37. The highest BCUT2D eigenvalue weighted by atomic mass is 16.5. The van der Waals surface area contributed by atoms with Crippen LogP contribution in [0.25, 0.3) is 10.9 Å². The lowest BCUT2D eigenvalue weighted by Crippen LogP contribution is -2.44. The first-order valence-electron chi connectivity index (χ1n) is 12.8. The van der Waals surface area contributed by atoms with Crippen LogP contribution in [-0.4, -0.2) is 29.6 Å². The minimum absolute atomic E-state index is 0.0191. The van der Waals surface area contributed by atoms with E-state index in [9.17, 15) is 14.4 Å². The van der Waals surface area contributed by atoms with Gasteiger partial charge >= 0.3 is 12.1 Å². The topological polar surface area (TPSA) is 107 Å². The number of nitrogens with zero attached hydrogens (tertiary/aromatic N) is 1. The van der Waals surface area contributed by atoms with Crippen molar-refractivity contribution in [1.29, 1.82) is 0 Å². The van der Waals surface area contributed by atoms with Crippen LogP contribution in [0, 0.1) is 5.41 Å². The van der Waals surface area contributed by atoms with Crippen molar-refractivity contribution >= 4 is 40.2 Å². The van der Waals surface area contributed by atoms with Gasteiger partial charge in [0.1, 0.15) is 12.0 Å². The quantitative estimate of drug-likeness (QED) is 0.191. The number of fused-ring (bicyclic) bond motifs is 1. The smallest absolute Gasteiger partial charge is 0.411 e. The molecule has 39 heavy (non-hydrogen) atoms. The van der Waals surface area contributed by atoms with E-state index < -0.39 is 23.4 Å². The van der Waals surface area contributed by atoms with Crippen molar-refractivity contribution in [3.63, 3.8) is 0 Å². The monoisotopic (exact) mass is 525 g/mol. The molecule has 1 unspecified atom stereocenters. The maximum atomic E-state index is 13.7. The van der Waals surface area contributed by atoms with Gasteiger partial charge in [0.05, 0.1) is 17.8 Å². The Labute approximate surface area is 227 Å². The van der Waals surface area contributed by atoms with Crippen LogP contribution < -0.4 is 10.6 Å². The highest BCUT2D eigenvalue weighted by Gasteiger charge is 2.43. The first-order chi connectivity index (χ1) is 18.9.